The molecule has 0 aliphatic carbocycles. The molecule has 0 radical (unpaired) electrons. The number of ether oxygens (including phenoxy) is 1. The van der Waals surface area contributed by atoms with E-state index >= 15 is 0 Å². The third-order valence-corrected chi connectivity index (χ3v) is 6.24. The van der Waals surface area contributed by atoms with Crippen LogP contribution in [0.25, 0.3) is 10.1 Å². The van der Waals surface area contributed by atoms with Crippen molar-refractivity contribution in [1.29, 1.82) is 0 Å². The standard InChI is InChI=1S/C21H20BrClN2O3S/c1-21(2,3)25-20(27)18-16(23)12-6-5-7-14(17(12)29-18)24-19(26)13-10-11(22)8-9-15(13)28-4/h5-10H,1-4H3,(H,24,26)(H,25,27). The van der Waals surface area contributed by atoms with Crippen LogP contribution in [-0.4, -0.2) is 24.5 Å². The maximum atomic E-state index is 12.9. The average Bonchev–Trinajstić information content (AvgIpc) is 2.98. The van der Waals surface area contributed by atoms with E-state index in [9.17, 15) is 9.59 Å². The molecule has 0 saturated heterocycles. The maximum Gasteiger partial charge on any atom is 0.263 e. The lowest BCUT2D eigenvalue weighted by atomic mass is 10.1. The van der Waals surface area contributed by atoms with E-state index in [0.717, 1.165) is 14.6 Å². The van der Waals surface area contributed by atoms with Gasteiger partial charge in [-0.1, -0.05) is 39.7 Å². The summed E-state index contributed by atoms with van der Waals surface area (Å²) in [6.07, 6.45) is 0. The highest BCUT2D eigenvalue weighted by atomic mass is 79.9. The molecule has 0 aliphatic rings. The second-order valence-corrected chi connectivity index (χ2v) is 9.74. The highest BCUT2D eigenvalue weighted by Crippen LogP contribution is 2.40. The van der Waals surface area contributed by atoms with Gasteiger partial charge in [-0.05, 0) is 45.0 Å². The predicted molar refractivity (Wildman–Crippen MR) is 123 cm³/mol. The van der Waals surface area contributed by atoms with Crippen LogP contribution in [0.15, 0.2) is 40.9 Å². The number of nitrogens with one attached hydrogen (secondary N) is 2. The maximum absolute atomic E-state index is 12.9. The van der Waals surface area contributed by atoms with Crippen molar-refractivity contribution in [1.82, 2.24) is 5.32 Å². The fraction of sp³-hybridized carbons (Fsp3) is 0.238. The summed E-state index contributed by atoms with van der Waals surface area (Å²) >= 11 is 11.1. The number of anilines is 1. The number of rotatable bonds is 4. The third kappa shape index (κ3) is 4.74. The molecule has 3 aromatic rings. The van der Waals surface area contributed by atoms with Crippen molar-refractivity contribution in [3.05, 3.63) is 56.3 Å². The SMILES string of the molecule is COc1ccc(Br)cc1C(=O)Nc1cccc2c(Cl)c(C(=O)NC(C)(C)C)sc12. The van der Waals surface area contributed by atoms with Gasteiger partial charge in [0.05, 0.1) is 28.1 Å². The van der Waals surface area contributed by atoms with E-state index in [1.165, 1.54) is 18.4 Å². The number of amides is 2. The van der Waals surface area contributed by atoms with E-state index in [1.54, 1.807) is 30.3 Å². The Kier molecular flexibility index (Phi) is 6.22. The van der Waals surface area contributed by atoms with Crippen LogP contribution in [0.1, 0.15) is 40.8 Å². The van der Waals surface area contributed by atoms with Crippen molar-refractivity contribution in [2.45, 2.75) is 26.3 Å². The van der Waals surface area contributed by atoms with Gasteiger partial charge in [-0.15, -0.1) is 11.3 Å². The van der Waals surface area contributed by atoms with Gasteiger partial charge in [-0.3, -0.25) is 9.59 Å². The number of hydrogen-bond donors (Lipinski definition) is 2. The normalized spacial score (nSPS) is 11.4. The Balaban J connectivity index is 1.99. The summed E-state index contributed by atoms with van der Waals surface area (Å²) in [6.45, 7) is 5.72. The van der Waals surface area contributed by atoms with E-state index in [2.05, 4.69) is 26.6 Å². The zero-order chi connectivity index (χ0) is 21.3. The molecular weight excluding hydrogens is 476 g/mol. The van der Waals surface area contributed by atoms with Gasteiger partial charge in [-0.2, -0.15) is 0 Å². The summed E-state index contributed by atoms with van der Waals surface area (Å²) in [5.74, 6) is -0.0946. The summed E-state index contributed by atoms with van der Waals surface area (Å²) in [4.78, 5) is 25.9. The highest BCUT2D eigenvalue weighted by Gasteiger charge is 2.23. The van der Waals surface area contributed by atoms with Crippen molar-refractivity contribution in [2.24, 2.45) is 0 Å². The Hall–Kier alpha value is -2.09. The number of thiophene rings is 1. The van der Waals surface area contributed by atoms with Crippen LogP contribution in [0.5, 0.6) is 5.75 Å². The summed E-state index contributed by atoms with van der Waals surface area (Å²) in [7, 11) is 1.51. The number of carbonyl (C=O) groups is 2. The van der Waals surface area contributed by atoms with Gasteiger partial charge in [-0.25, -0.2) is 0 Å². The lowest BCUT2D eigenvalue weighted by Crippen LogP contribution is -2.40. The zero-order valence-corrected chi connectivity index (χ0v) is 19.5. The van der Waals surface area contributed by atoms with E-state index < -0.39 is 0 Å². The molecule has 5 nitrogen and oxygen atoms in total. The smallest absolute Gasteiger partial charge is 0.263 e. The van der Waals surface area contributed by atoms with Gasteiger partial charge in [0.1, 0.15) is 10.6 Å². The largest absolute Gasteiger partial charge is 0.496 e. The molecule has 1 heterocycles. The van der Waals surface area contributed by atoms with E-state index in [-0.39, 0.29) is 17.4 Å². The van der Waals surface area contributed by atoms with Crippen LogP contribution >= 0.6 is 38.9 Å². The van der Waals surface area contributed by atoms with Gasteiger partial charge in [0.15, 0.2) is 0 Å². The average molecular weight is 496 g/mol. The van der Waals surface area contributed by atoms with E-state index in [1.807, 2.05) is 26.8 Å². The first-order chi connectivity index (χ1) is 13.6. The molecule has 0 fully saturated rings. The topological polar surface area (TPSA) is 67.4 Å². The number of halogens is 2. The summed E-state index contributed by atoms with van der Waals surface area (Å²) in [6, 6.07) is 10.6. The second-order valence-electron chi connectivity index (χ2n) is 7.43. The fourth-order valence-electron chi connectivity index (χ4n) is 2.78. The highest BCUT2D eigenvalue weighted by molar-refractivity contribution is 9.10. The molecule has 152 valence electrons. The summed E-state index contributed by atoms with van der Waals surface area (Å²) in [5, 5.41) is 6.93. The fourth-order valence-corrected chi connectivity index (χ4v) is 4.61. The van der Waals surface area contributed by atoms with Gasteiger partial charge >= 0.3 is 0 Å². The number of benzene rings is 2. The molecule has 3 rings (SSSR count). The quantitative estimate of drug-likeness (QED) is 0.459. The Bertz CT molecular complexity index is 1110. The van der Waals surface area contributed by atoms with Crippen LogP contribution in [0.2, 0.25) is 5.02 Å². The molecule has 0 atom stereocenters. The molecule has 0 spiro atoms. The molecule has 0 saturated carbocycles. The van der Waals surface area contributed by atoms with Crippen molar-refractivity contribution in [2.75, 3.05) is 12.4 Å². The summed E-state index contributed by atoms with van der Waals surface area (Å²) in [5.41, 5.74) is 0.591. The van der Waals surface area contributed by atoms with Crippen LogP contribution in [0, 0.1) is 0 Å². The molecule has 8 heteroatoms. The Labute approximate surface area is 186 Å². The lowest BCUT2D eigenvalue weighted by molar-refractivity contribution is 0.0923. The number of methoxy groups -OCH3 is 1. The zero-order valence-electron chi connectivity index (χ0n) is 16.4. The van der Waals surface area contributed by atoms with Crippen molar-refractivity contribution >= 4 is 66.5 Å². The molecule has 0 aliphatic heterocycles. The lowest BCUT2D eigenvalue weighted by Gasteiger charge is -2.19. The molecule has 0 bridgehead atoms. The monoisotopic (exact) mass is 494 g/mol. The first-order valence-electron chi connectivity index (χ1n) is 8.79. The van der Waals surface area contributed by atoms with Gasteiger partial charge in [0.25, 0.3) is 11.8 Å². The first-order valence-corrected chi connectivity index (χ1v) is 10.8. The molecule has 0 unspecified atom stereocenters. The number of hydrogen-bond acceptors (Lipinski definition) is 4. The first kappa shape index (κ1) is 21.6. The predicted octanol–water partition coefficient (Wildman–Crippen LogP) is 6.11. The second kappa shape index (κ2) is 8.34. The van der Waals surface area contributed by atoms with Crippen LogP contribution in [0.3, 0.4) is 0 Å². The number of carbonyl (C=O) groups excluding carboxylic acids is 2. The third-order valence-electron chi connectivity index (χ3n) is 4.00. The summed E-state index contributed by atoms with van der Waals surface area (Å²) < 4.78 is 6.80. The van der Waals surface area contributed by atoms with E-state index in [0.29, 0.717) is 26.9 Å². The molecule has 2 amide bonds. The number of fused-ring (bicyclic) bond motifs is 1. The van der Waals surface area contributed by atoms with Crippen molar-refractivity contribution in [3.8, 4) is 5.75 Å². The van der Waals surface area contributed by atoms with Crippen molar-refractivity contribution in [3.63, 3.8) is 0 Å². The molecule has 1 aromatic heterocycles. The minimum absolute atomic E-state index is 0.241. The van der Waals surface area contributed by atoms with Gasteiger partial charge in [0.2, 0.25) is 0 Å². The Morgan fingerprint density at radius 1 is 1.14 bits per heavy atom. The Morgan fingerprint density at radius 3 is 2.52 bits per heavy atom. The minimum Gasteiger partial charge on any atom is -0.496 e. The molecular formula is C21H20BrClN2O3S. The Morgan fingerprint density at radius 2 is 1.86 bits per heavy atom. The minimum atomic E-state index is -0.384. The van der Waals surface area contributed by atoms with Crippen LogP contribution in [-0.2, 0) is 0 Å². The molecule has 2 aromatic carbocycles. The van der Waals surface area contributed by atoms with Crippen LogP contribution < -0.4 is 15.4 Å². The van der Waals surface area contributed by atoms with Crippen LogP contribution in [0.4, 0.5) is 5.69 Å². The molecule has 29 heavy (non-hydrogen) atoms. The van der Waals surface area contributed by atoms with Gasteiger partial charge < -0.3 is 15.4 Å². The van der Waals surface area contributed by atoms with Gasteiger partial charge in [0, 0.05) is 15.4 Å². The van der Waals surface area contributed by atoms with E-state index in [4.69, 9.17) is 16.3 Å². The van der Waals surface area contributed by atoms with Crippen molar-refractivity contribution < 1.29 is 14.3 Å². The molecule has 2 N–H and O–H groups in total.